The molecule has 0 amide bonds. The summed E-state index contributed by atoms with van der Waals surface area (Å²) in [5.41, 5.74) is 15.3. The molecule has 0 spiro atoms. The molecule has 1 aliphatic rings. The van der Waals surface area contributed by atoms with Crippen LogP contribution in [-0.4, -0.2) is 15.0 Å². The predicted octanol–water partition coefficient (Wildman–Crippen LogP) is 14.5. The lowest BCUT2D eigenvalue weighted by molar-refractivity contribution is 0.662. The lowest BCUT2D eigenvalue weighted by Gasteiger charge is -2.24. The number of nitrogens with zero attached hydrogens (tertiary/aromatic N) is 3. The van der Waals surface area contributed by atoms with Crippen LogP contribution in [0.25, 0.3) is 98.8 Å². The molecule has 2 heterocycles. The van der Waals surface area contributed by atoms with Crippen molar-refractivity contribution in [3.8, 4) is 78.7 Å². The molecule has 274 valence electrons. The zero-order valence-corrected chi connectivity index (χ0v) is 33.0. The molecule has 0 N–H and O–H groups in total. The Morgan fingerprint density at radius 1 is 0.362 bits per heavy atom. The molecular formula is C54H37N3S. The molecule has 58 heavy (non-hydrogen) atoms. The maximum atomic E-state index is 5.24. The van der Waals surface area contributed by atoms with Gasteiger partial charge >= 0.3 is 0 Å². The van der Waals surface area contributed by atoms with Crippen molar-refractivity contribution in [3.05, 3.63) is 199 Å². The lowest BCUT2D eigenvalue weighted by atomic mass is 9.78. The third kappa shape index (κ3) is 5.60. The van der Waals surface area contributed by atoms with Gasteiger partial charge in [0, 0.05) is 42.3 Å². The molecule has 11 rings (SSSR count). The Bertz CT molecular complexity index is 3200. The van der Waals surface area contributed by atoms with E-state index in [1.807, 2.05) is 6.07 Å². The summed E-state index contributed by atoms with van der Waals surface area (Å²) in [7, 11) is 0. The third-order valence-electron chi connectivity index (χ3n) is 11.8. The van der Waals surface area contributed by atoms with E-state index in [0.717, 1.165) is 33.4 Å². The second-order valence-corrected chi connectivity index (χ2v) is 16.6. The van der Waals surface area contributed by atoms with E-state index in [9.17, 15) is 0 Å². The molecule has 4 heteroatoms. The number of fused-ring (bicyclic) bond motifs is 6. The summed E-state index contributed by atoms with van der Waals surface area (Å²) in [6.07, 6.45) is 0. The summed E-state index contributed by atoms with van der Waals surface area (Å²) in [5.74, 6) is 1.95. The molecule has 3 nitrogen and oxygen atoms in total. The zero-order chi connectivity index (χ0) is 38.8. The van der Waals surface area contributed by atoms with Crippen LogP contribution in [0.2, 0.25) is 0 Å². The molecule has 0 unspecified atom stereocenters. The average molecular weight is 760 g/mol. The monoisotopic (exact) mass is 759 g/mol. The molecule has 0 bridgehead atoms. The van der Waals surface area contributed by atoms with Crippen molar-refractivity contribution in [2.75, 3.05) is 0 Å². The van der Waals surface area contributed by atoms with Crippen LogP contribution in [0, 0.1) is 0 Å². The van der Waals surface area contributed by atoms with E-state index in [0.29, 0.717) is 17.5 Å². The molecule has 0 atom stereocenters. The van der Waals surface area contributed by atoms with Crippen LogP contribution < -0.4 is 0 Å². The summed E-state index contributed by atoms with van der Waals surface area (Å²) in [4.78, 5) is 15.7. The first-order valence-electron chi connectivity index (χ1n) is 19.8. The van der Waals surface area contributed by atoms with Crippen molar-refractivity contribution in [2.24, 2.45) is 0 Å². The maximum Gasteiger partial charge on any atom is 0.165 e. The minimum Gasteiger partial charge on any atom is -0.208 e. The van der Waals surface area contributed by atoms with Gasteiger partial charge in [-0.25, -0.2) is 15.0 Å². The average Bonchev–Trinajstić information content (AvgIpc) is 3.79. The highest BCUT2D eigenvalue weighted by atomic mass is 32.1. The summed E-state index contributed by atoms with van der Waals surface area (Å²) in [5, 5.41) is 2.46. The Morgan fingerprint density at radius 2 is 0.914 bits per heavy atom. The van der Waals surface area contributed by atoms with Gasteiger partial charge in [-0.05, 0) is 73.8 Å². The zero-order valence-electron chi connectivity index (χ0n) is 32.1. The normalized spacial score (nSPS) is 12.8. The molecule has 0 saturated carbocycles. The fourth-order valence-electron chi connectivity index (χ4n) is 8.98. The Kier molecular flexibility index (Phi) is 8.02. The molecule has 1 aliphatic carbocycles. The van der Waals surface area contributed by atoms with E-state index >= 15 is 0 Å². The van der Waals surface area contributed by atoms with Gasteiger partial charge in [0.15, 0.2) is 17.5 Å². The van der Waals surface area contributed by atoms with Crippen molar-refractivity contribution < 1.29 is 0 Å². The van der Waals surface area contributed by atoms with Gasteiger partial charge in [0.2, 0.25) is 0 Å². The quantitative estimate of drug-likeness (QED) is 0.169. The predicted molar refractivity (Wildman–Crippen MR) is 243 cm³/mol. The Balaban J connectivity index is 1.02. The molecule has 0 radical (unpaired) electrons. The summed E-state index contributed by atoms with van der Waals surface area (Å²) < 4.78 is 2.42. The van der Waals surface area contributed by atoms with E-state index < -0.39 is 0 Å². The molecule has 0 aliphatic heterocycles. The number of hydrogen-bond donors (Lipinski definition) is 0. The van der Waals surface area contributed by atoms with E-state index in [1.54, 1.807) is 11.3 Å². The Morgan fingerprint density at radius 3 is 1.76 bits per heavy atom. The van der Waals surface area contributed by atoms with Gasteiger partial charge in [0.25, 0.3) is 0 Å². The van der Waals surface area contributed by atoms with Crippen LogP contribution >= 0.6 is 11.3 Å². The number of rotatable bonds is 6. The van der Waals surface area contributed by atoms with Gasteiger partial charge in [0.05, 0.1) is 0 Å². The van der Waals surface area contributed by atoms with Crippen LogP contribution in [0.5, 0.6) is 0 Å². The van der Waals surface area contributed by atoms with Crippen LogP contribution in [0.4, 0.5) is 0 Å². The summed E-state index contributed by atoms with van der Waals surface area (Å²) in [6.45, 7) is 4.70. The third-order valence-corrected chi connectivity index (χ3v) is 13.0. The Hall–Kier alpha value is -7.01. The van der Waals surface area contributed by atoms with Crippen molar-refractivity contribution >= 4 is 31.5 Å². The van der Waals surface area contributed by atoms with Crippen LogP contribution in [0.3, 0.4) is 0 Å². The Labute approximate surface area is 342 Å². The van der Waals surface area contributed by atoms with Crippen LogP contribution in [-0.2, 0) is 5.41 Å². The molecule has 0 saturated heterocycles. The van der Waals surface area contributed by atoms with Crippen molar-refractivity contribution in [1.82, 2.24) is 15.0 Å². The van der Waals surface area contributed by atoms with Gasteiger partial charge in [-0.15, -0.1) is 11.3 Å². The van der Waals surface area contributed by atoms with E-state index in [4.69, 9.17) is 15.0 Å². The highest BCUT2D eigenvalue weighted by molar-refractivity contribution is 7.26. The van der Waals surface area contributed by atoms with E-state index in [-0.39, 0.29) is 5.41 Å². The van der Waals surface area contributed by atoms with Crippen LogP contribution in [0.15, 0.2) is 188 Å². The van der Waals surface area contributed by atoms with Gasteiger partial charge in [-0.2, -0.15) is 0 Å². The fourth-order valence-corrected chi connectivity index (χ4v) is 10.2. The number of hydrogen-bond acceptors (Lipinski definition) is 4. The molecule has 8 aromatic carbocycles. The molecular weight excluding hydrogens is 723 g/mol. The molecule has 2 aromatic heterocycles. The highest BCUT2D eigenvalue weighted by Crippen LogP contribution is 2.52. The fraction of sp³-hybridized carbons (Fsp3) is 0.0556. The van der Waals surface area contributed by atoms with E-state index in [2.05, 4.69) is 196 Å². The van der Waals surface area contributed by atoms with Gasteiger partial charge in [-0.3, -0.25) is 0 Å². The lowest BCUT2D eigenvalue weighted by Crippen LogP contribution is -2.16. The first kappa shape index (κ1) is 34.3. The summed E-state index contributed by atoms with van der Waals surface area (Å²) in [6, 6.07) is 67.1. The van der Waals surface area contributed by atoms with E-state index in [1.165, 1.54) is 59.1 Å². The molecule has 10 aromatic rings. The number of thiophene rings is 1. The standard InChI is InChI=1S/C54H37N3S/c1-54(2)47-27-10-8-20-41(47)43-24-13-23-40(49(43)54)38-18-12-17-37(33-38)34-29-31-36(32-30-34)51-55-52(45-22-7-6-19-39(45)35-15-4-3-5-16-35)57-53(56-51)46-26-14-25-44-42-21-9-11-28-48(42)58-50(44)46/h3-33H,1-2H3. The highest BCUT2D eigenvalue weighted by Gasteiger charge is 2.37. The van der Waals surface area contributed by atoms with Crippen molar-refractivity contribution in [1.29, 1.82) is 0 Å². The number of aromatic nitrogens is 3. The topological polar surface area (TPSA) is 38.7 Å². The van der Waals surface area contributed by atoms with Crippen molar-refractivity contribution in [2.45, 2.75) is 19.3 Å². The van der Waals surface area contributed by atoms with Crippen molar-refractivity contribution in [3.63, 3.8) is 0 Å². The number of benzene rings is 8. The minimum absolute atomic E-state index is 0.0907. The first-order valence-corrected chi connectivity index (χ1v) is 20.6. The molecule has 0 fully saturated rings. The SMILES string of the molecule is CC1(C)c2ccccc2-c2cccc(-c3cccc(-c4ccc(-c5nc(-c6ccccc6-c6ccccc6)nc(-c6cccc7c6sc6ccccc67)n5)cc4)c3)c21. The second-order valence-electron chi connectivity index (χ2n) is 15.6. The maximum absolute atomic E-state index is 5.24. The first-order chi connectivity index (χ1) is 28.5. The van der Waals surface area contributed by atoms with Crippen LogP contribution in [0.1, 0.15) is 25.0 Å². The van der Waals surface area contributed by atoms with Gasteiger partial charge < -0.3 is 0 Å². The largest absolute Gasteiger partial charge is 0.208 e. The second kappa shape index (κ2) is 13.6. The summed E-state index contributed by atoms with van der Waals surface area (Å²) >= 11 is 1.79. The minimum atomic E-state index is -0.0907. The smallest absolute Gasteiger partial charge is 0.165 e. The van der Waals surface area contributed by atoms with Gasteiger partial charge in [-0.1, -0.05) is 184 Å². The van der Waals surface area contributed by atoms with Gasteiger partial charge in [0.1, 0.15) is 0 Å².